The van der Waals surface area contributed by atoms with Gasteiger partial charge in [-0.2, -0.15) is 26.3 Å². The van der Waals surface area contributed by atoms with Crippen LogP contribution in [0.15, 0.2) is 58.3 Å². The molecule has 0 atom stereocenters. The Hall–Kier alpha value is -3.83. The van der Waals surface area contributed by atoms with Gasteiger partial charge in [-0.1, -0.05) is 48.5 Å². The highest BCUT2D eigenvalue weighted by atomic mass is 19.4. The van der Waals surface area contributed by atoms with Crippen LogP contribution in [0.4, 0.5) is 37.7 Å². The van der Waals surface area contributed by atoms with Crippen molar-refractivity contribution in [3.8, 4) is 11.5 Å². The highest BCUT2D eigenvalue weighted by Crippen LogP contribution is 2.38. The van der Waals surface area contributed by atoms with Crippen LogP contribution in [-0.4, -0.2) is 24.2 Å². The maximum absolute atomic E-state index is 12.8. The van der Waals surface area contributed by atoms with E-state index in [1.807, 2.05) is 0 Å². The van der Waals surface area contributed by atoms with E-state index < -0.39 is 37.4 Å². The molecule has 14 heteroatoms. The Kier molecular flexibility index (Phi) is 4.74. The van der Waals surface area contributed by atoms with Crippen molar-refractivity contribution < 1.29 is 36.6 Å². The van der Waals surface area contributed by atoms with Gasteiger partial charge in [0.2, 0.25) is 0 Å². The van der Waals surface area contributed by atoms with Crippen molar-refractivity contribution in [2.45, 2.75) is 12.4 Å². The minimum atomic E-state index is -4.50. The number of nitrogens with one attached hydrogen (secondary N) is 2. The quantitative estimate of drug-likeness (QED) is 0.198. The van der Waals surface area contributed by atoms with Crippen LogP contribution in [0.2, 0.25) is 0 Å². The Labute approximate surface area is 187 Å². The molecule has 2 heterocycles. The fourth-order valence-electron chi connectivity index (χ4n) is 3.85. The summed E-state index contributed by atoms with van der Waals surface area (Å²) in [6.07, 6.45) is -8.98. The standard InChI is InChI=1S/C20H12B2F6N4O2/c23-19(24,25)9-1-5-11(6-2-9)21-29-13-14(30-21)18(34)16-15(17(13)33)31-22(32-16)12-7-3-10(4-8-12)20(26,27)28/h1-8,29-30,33-34H. The molecule has 6 nitrogen and oxygen atoms in total. The lowest BCUT2D eigenvalue weighted by Crippen LogP contribution is -2.42. The van der Waals surface area contributed by atoms with E-state index in [-0.39, 0.29) is 33.6 Å². The molecule has 0 bridgehead atoms. The minimum absolute atomic E-state index is 0.0523. The molecule has 4 N–H and O–H groups in total. The van der Waals surface area contributed by atoms with E-state index in [0.29, 0.717) is 10.9 Å². The van der Waals surface area contributed by atoms with Gasteiger partial charge < -0.3 is 30.5 Å². The van der Waals surface area contributed by atoms with Crippen LogP contribution in [0.3, 0.4) is 0 Å². The summed E-state index contributed by atoms with van der Waals surface area (Å²) in [7, 11) is 0. The summed E-state index contributed by atoms with van der Waals surface area (Å²) in [5.74, 6) is -0.717. The summed E-state index contributed by atoms with van der Waals surface area (Å²) in [4.78, 5) is 8.47. The summed E-state index contributed by atoms with van der Waals surface area (Å²) in [5.41, 5.74) is -0.754. The van der Waals surface area contributed by atoms with Crippen LogP contribution < -0.4 is 32.1 Å². The molecule has 5 rings (SSSR count). The molecule has 0 saturated heterocycles. The second-order valence-electron chi connectivity index (χ2n) is 7.74. The van der Waals surface area contributed by atoms with Gasteiger partial charge in [0.05, 0.1) is 22.5 Å². The summed E-state index contributed by atoms with van der Waals surface area (Å²) < 4.78 is 76.8. The summed E-state index contributed by atoms with van der Waals surface area (Å²) in [6.45, 7) is -1.72. The van der Waals surface area contributed by atoms with Crippen molar-refractivity contribution in [1.29, 1.82) is 0 Å². The lowest BCUT2D eigenvalue weighted by atomic mass is 9.69. The van der Waals surface area contributed by atoms with Crippen LogP contribution in [0.1, 0.15) is 11.1 Å². The molecule has 34 heavy (non-hydrogen) atoms. The number of fused-ring (bicyclic) bond motifs is 2. The van der Waals surface area contributed by atoms with Gasteiger partial charge in [-0.05, 0) is 10.9 Å². The molecule has 0 unspecified atom stereocenters. The van der Waals surface area contributed by atoms with E-state index in [4.69, 9.17) is 0 Å². The second kappa shape index (κ2) is 7.34. The Morgan fingerprint density at radius 1 is 0.618 bits per heavy atom. The average molecular weight is 476 g/mol. The van der Waals surface area contributed by atoms with Crippen LogP contribution in [0.25, 0.3) is 0 Å². The SMILES string of the molecule is Oc1c2c(c(O)c3c1=NB(c1ccc(C(F)(F)F)cc1)N=3)NB(c1ccc(C(F)(F)F)cc1)N2. The van der Waals surface area contributed by atoms with Crippen LogP contribution in [-0.2, 0) is 12.4 Å². The Balaban J connectivity index is 1.46. The number of hydrogen-bond donors (Lipinski definition) is 4. The van der Waals surface area contributed by atoms with E-state index in [1.54, 1.807) is 0 Å². The zero-order valence-corrected chi connectivity index (χ0v) is 16.8. The first kappa shape index (κ1) is 22.0. The van der Waals surface area contributed by atoms with Gasteiger partial charge in [0, 0.05) is 0 Å². The molecule has 3 aromatic carbocycles. The highest BCUT2D eigenvalue weighted by molar-refractivity contribution is 6.81. The zero-order chi connectivity index (χ0) is 24.4. The van der Waals surface area contributed by atoms with Gasteiger partial charge in [-0.3, -0.25) is 0 Å². The maximum Gasteiger partial charge on any atom is 0.449 e. The molecule has 0 amide bonds. The van der Waals surface area contributed by atoms with Crippen molar-refractivity contribution in [2.24, 2.45) is 9.81 Å². The number of rotatable bonds is 2. The number of halogens is 6. The molecule has 0 radical (unpaired) electrons. The van der Waals surface area contributed by atoms with Gasteiger partial charge in [0.25, 0.3) is 0 Å². The van der Waals surface area contributed by atoms with Crippen molar-refractivity contribution in [3.63, 3.8) is 0 Å². The Morgan fingerprint density at radius 3 is 1.38 bits per heavy atom. The first-order valence-electron chi connectivity index (χ1n) is 9.84. The summed E-state index contributed by atoms with van der Waals surface area (Å²) >= 11 is 0. The summed E-state index contributed by atoms with van der Waals surface area (Å²) in [5, 5.41) is 27.1. The number of phenolic OH excluding ortho intramolecular Hbond substituents is 2. The molecule has 0 saturated carbocycles. The predicted molar refractivity (Wildman–Crippen MR) is 113 cm³/mol. The lowest BCUT2D eigenvalue weighted by molar-refractivity contribution is -0.138. The van der Waals surface area contributed by atoms with E-state index in [1.165, 1.54) is 24.3 Å². The third kappa shape index (κ3) is 3.58. The minimum Gasteiger partial charge on any atom is -0.504 e. The van der Waals surface area contributed by atoms with Gasteiger partial charge in [0.1, 0.15) is 10.7 Å². The number of benzene rings is 3. The van der Waals surface area contributed by atoms with Crippen LogP contribution in [0, 0.1) is 0 Å². The number of alkyl halides is 6. The van der Waals surface area contributed by atoms with Crippen molar-refractivity contribution in [2.75, 3.05) is 10.5 Å². The molecule has 0 aromatic heterocycles. The molecular formula is C20H12B2F6N4O2. The smallest absolute Gasteiger partial charge is 0.449 e. The van der Waals surface area contributed by atoms with Crippen LogP contribution in [0.5, 0.6) is 11.5 Å². The zero-order valence-electron chi connectivity index (χ0n) is 16.8. The predicted octanol–water partition coefficient (Wildman–Crippen LogP) is 2.02. The summed E-state index contributed by atoms with van der Waals surface area (Å²) in [6, 6.07) is 8.56. The molecule has 0 aliphatic carbocycles. The number of aromatic hydroxyl groups is 2. The molecule has 0 spiro atoms. The van der Waals surface area contributed by atoms with E-state index >= 15 is 0 Å². The third-order valence-corrected chi connectivity index (χ3v) is 5.58. The number of anilines is 2. The normalized spacial score (nSPS) is 14.6. The molecule has 2 aliphatic rings. The first-order valence-corrected chi connectivity index (χ1v) is 9.84. The van der Waals surface area contributed by atoms with Gasteiger partial charge in [0.15, 0.2) is 11.5 Å². The maximum atomic E-state index is 12.8. The van der Waals surface area contributed by atoms with Gasteiger partial charge in [-0.25, -0.2) is 0 Å². The fourth-order valence-corrected chi connectivity index (χ4v) is 3.85. The Bertz CT molecular complexity index is 1360. The largest absolute Gasteiger partial charge is 0.504 e. The van der Waals surface area contributed by atoms with Crippen molar-refractivity contribution in [3.05, 3.63) is 70.4 Å². The average Bonchev–Trinajstić information content (AvgIpc) is 3.43. The van der Waals surface area contributed by atoms with E-state index in [0.717, 1.165) is 24.3 Å². The van der Waals surface area contributed by atoms with Gasteiger partial charge in [-0.15, -0.1) is 0 Å². The third-order valence-electron chi connectivity index (χ3n) is 5.58. The van der Waals surface area contributed by atoms with E-state index in [9.17, 15) is 36.6 Å². The van der Waals surface area contributed by atoms with E-state index in [2.05, 4.69) is 20.3 Å². The molecule has 3 aromatic rings. The molecular weight excluding hydrogens is 464 g/mol. The number of nitrogens with zero attached hydrogens (tertiary/aromatic N) is 2. The topological polar surface area (TPSA) is 89.2 Å². The molecule has 172 valence electrons. The lowest BCUT2D eigenvalue weighted by Gasteiger charge is -2.10. The highest BCUT2D eigenvalue weighted by Gasteiger charge is 2.36. The molecule has 0 fully saturated rings. The second-order valence-corrected chi connectivity index (χ2v) is 7.74. The fraction of sp³-hybridized carbons (Fsp3) is 0.100. The molecule has 2 aliphatic heterocycles. The van der Waals surface area contributed by atoms with Crippen molar-refractivity contribution in [1.82, 2.24) is 0 Å². The number of phenols is 2. The van der Waals surface area contributed by atoms with Gasteiger partial charge >= 0.3 is 26.3 Å². The first-order chi connectivity index (χ1) is 15.9. The van der Waals surface area contributed by atoms with Crippen LogP contribution >= 0.6 is 0 Å². The number of hydrogen-bond acceptors (Lipinski definition) is 6. The van der Waals surface area contributed by atoms with Crippen molar-refractivity contribution >= 4 is 36.3 Å². The Morgan fingerprint density at radius 2 is 1.00 bits per heavy atom. The monoisotopic (exact) mass is 476 g/mol.